The van der Waals surface area contributed by atoms with Crippen molar-refractivity contribution < 1.29 is 9.53 Å². The van der Waals surface area contributed by atoms with Gasteiger partial charge in [-0.05, 0) is 62.4 Å². The summed E-state index contributed by atoms with van der Waals surface area (Å²) in [5.41, 5.74) is 7.16. The minimum atomic E-state index is -0.233. The zero-order valence-electron chi connectivity index (χ0n) is 19.1. The predicted octanol–water partition coefficient (Wildman–Crippen LogP) is 4.28. The smallest absolute Gasteiger partial charge is 0.250 e. The summed E-state index contributed by atoms with van der Waals surface area (Å²) in [6, 6.07) is 19.4. The van der Waals surface area contributed by atoms with Crippen LogP contribution in [0.3, 0.4) is 0 Å². The van der Waals surface area contributed by atoms with Crippen LogP contribution in [-0.4, -0.2) is 44.2 Å². The highest BCUT2D eigenvalue weighted by Crippen LogP contribution is 2.29. The van der Waals surface area contributed by atoms with Crippen LogP contribution in [-0.2, 0) is 4.79 Å². The highest BCUT2D eigenvalue weighted by molar-refractivity contribution is 7.99. The summed E-state index contributed by atoms with van der Waals surface area (Å²) in [5.74, 6) is 1.35. The van der Waals surface area contributed by atoms with Crippen LogP contribution in [0.1, 0.15) is 18.1 Å². The van der Waals surface area contributed by atoms with E-state index in [9.17, 15) is 4.79 Å². The van der Waals surface area contributed by atoms with E-state index in [-0.39, 0.29) is 11.7 Å². The summed E-state index contributed by atoms with van der Waals surface area (Å²) < 4.78 is 7.22. The van der Waals surface area contributed by atoms with E-state index in [4.69, 9.17) is 4.74 Å². The molecule has 9 heteroatoms. The maximum Gasteiger partial charge on any atom is 0.250 e. The average Bonchev–Trinajstić information content (AvgIpc) is 3.31. The first kappa shape index (κ1) is 23.2. The molecule has 1 N–H and O–H groups in total. The fourth-order valence-electron chi connectivity index (χ4n) is 3.18. The fraction of sp³-hybridized carbons (Fsp3) is 0.160. The zero-order chi connectivity index (χ0) is 23.9. The number of hydrazone groups is 1. The third-order valence-corrected chi connectivity index (χ3v) is 5.98. The van der Waals surface area contributed by atoms with Crippen LogP contribution in [0, 0.1) is 6.92 Å². The maximum absolute atomic E-state index is 12.5. The number of amides is 1. The van der Waals surface area contributed by atoms with Gasteiger partial charge >= 0.3 is 0 Å². The number of pyridine rings is 1. The van der Waals surface area contributed by atoms with Crippen LogP contribution in [0.15, 0.2) is 83.3 Å². The van der Waals surface area contributed by atoms with Gasteiger partial charge in [0.05, 0.1) is 18.6 Å². The van der Waals surface area contributed by atoms with Gasteiger partial charge in [-0.25, -0.2) is 5.43 Å². The molecule has 0 bridgehead atoms. The molecule has 0 saturated heterocycles. The molecular weight excluding hydrogens is 448 g/mol. The Bertz CT molecular complexity index is 1290. The van der Waals surface area contributed by atoms with Crippen molar-refractivity contribution in [1.29, 1.82) is 0 Å². The van der Waals surface area contributed by atoms with Gasteiger partial charge in [-0.3, -0.25) is 14.3 Å². The van der Waals surface area contributed by atoms with Crippen LogP contribution in [0.5, 0.6) is 5.75 Å². The summed E-state index contributed by atoms with van der Waals surface area (Å²) in [6.07, 6.45) is 3.37. The van der Waals surface area contributed by atoms with Crippen molar-refractivity contribution >= 4 is 23.4 Å². The van der Waals surface area contributed by atoms with E-state index in [0.29, 0.717) is 16.7 Å². The second-order valence-electron chi connectivity index (χ2n) is 7.46. The first-order valence-electron chi connectivity index (χ1n) is 10.6. The van der Waals surface area contributed by atoms with Crippen molar-refractivity contribution in [3.8, 4) is 22.8 Å². The Balaban J connectivity index is 1.54. The Labute approximate surface area is 202 Å². The lowest BCUT2D eigenvalue weighted by molar-refractivity contribution is -0.118. The summed E-state index contributed by atoms with van der Waals surface area (Å²) in [5, 5.41) is 13.6. The van der Waals surface area contributed by atoms with Gasteiger partial charge in [-0.1, -0.05) is 29.5 Å². The molecule has 0 aliphatic rings. The second kappa shape index (κ2) is 10.8. The molecule has 2 aromatic carbocycles. The third-order valence-electron chi connectivity index (χ3n) is 5.05. The van der Waals surface area contributed by atoms with Crippen molar-refractivity contribution in [2.24, 2.45) is 5.10 Å². The van der Waals surface area contributed by atoms with E-state index < -0.39 is 0 Å². The number of carbonyl (C=O) groups is 1. The maximum atomic E-state index is 12.5. The number of rotatable bonds is 8. The number of nitrogens with zero attached hydrogens (tertiary/aromatic N) is 5. The minimum Gasteiger partial charge on any atom is -0.497 e. The van der Waals surface area contributed by atoms with Gasteiger partial charge in [0.25, 0.3) is 5.91 Å². The van der Waals surface area contributed by atoms with Crippen molar-refractivity contribution in [3.05, 3.63) is 84.2 Å². The van der Waals surface area contributed by atoms with Gasteiger partial charge in [-0.2, -0.15) is 5.10 Å². The molecule has 2 aromatic heterocycles. The summed E-state index contributed by atoms with van der Waals surface area (Å²) in [6.45, 7) is 3.87. The second-order valence-corrected chi connectivity index (χ2v) is 8.40. The van der Waals surface area contributed by atoms with Gasteiger partial charge in [0, 0.05) is 29.2 Å². The van der Waals surface area contributed by atoms with E-state index in [1.165, 1.54) is 11.8 Å². The van der Waals surface area contributed by atoms with Gasteiger partial charge < -0.3 is 4.74 Å². The monoisotopic (exact) mass is 472 g/mol. The molecule has 0 unspecified atom stereocenters. The number of carbonyl (C=O) groups excluding carboxylic acids is 1. The van der Waals surface area contributed by atoms with Gasteiger partial charge in [-0.15, -0.1) is 10.2 Å². The molecule has 34 heavy (non-hydrogen) atoms. The number of aromatic nitrogens is 4. The van der Waals surface area contributed by atoms with Crippen LogP contribution in [0.25, 0.3) is 17.1 Å². The molecule has 0 fully saturated rings. The first-order valence-corrected chi connectivity index (χ1v) is 11.6. The minimum absolute atomic E-state index is 0.139. The van der Waals surface area contributed by atoms with Gasteiger partial charge in [0.2, 0.25) is 0 Å². The number of aryl methyl sites for hydroxylation is 1. The van der Waals surface area contributed by atoms with E-state index in [1.807, 2.05) is 79.1 Å². The van der Waals surface area contributed by atoms with Crippen molar-refractivity contribution in [1.82, 2.24) is 25.2 Å². The van der Waals surface area contributed by atoms with Crippen molar-refractivity contribution in [3.63, 3.8) is 0 Å². The Kier molecular flexibility index (Phi) is 7.34. The molecule has 0 atom stereocenters. The number of hydrogen-bond donors (Lipinski definition) is 1. The molecule has 0 spiro atoms. The molecule has 0 aliphatic carbocycles. The summed E-state index contributed by atoms with van der Waals surface area (Å²) >= 11 is 1.30. The Hall–Kier alpha value is -3.98. The lowest BCUT2D eigenvalue weighted by Gasteiger charge is -2.11. The zero-order valence-corrected chi connectivity index (χ0v) is 19.9. The Morgan fingerprint density at radius 2 is 1.74 bits per heavy atom. The highest BCUT2D eigenvalue weighted by Gasteiger charge is 2.17. The predicted molar refractivity (Wildman–Crippen MR) is 133 cm³/mol. The molecule has 0 saturated carbocycles. The molecule has 4 aromatic rings. The van der Waals surface area contributed by atoms with Crippen LogP contribution in [0.2, 0.25) is 0 Å². The lowest BCUT2D eigenvalue weighted by atomic mass is 10.2. The van der Waals surface area contributed by atoms with Gasteiger partial charge in [0.15, 0.2) is 11.0 Å². The lowest BCUT2D eigenvalue weighted by Crippen LogP contribution is -2.21. The highest BCUT2D eigenvalue weighted by atomic mass is 32.2. The number of ether oxygens (including phenoxy) is 1. The molecule has 1 amide bonds. The standard InChI is InChI=1S/C25H24N6O2S/c1-17-4-8-21(9-5-17)31-24(20-6-10-22(33-3)11-7-20)29-30-25(31)34-16-23(32)28-27-18(2)19-12-14-26-15-13-19/h4-15H,16H2,1-3H3,(H,28,32). The summed E-state index contributed by atoms with van der Waals surface area (Å²) in [4.78, 5) is 16.5. The van der Waals surface area contributed by atoms with Crippen LogP contribution < -0.4 is 10.2 Å². The Morgan fingerprint density at radius 1 is 1.03 bits per heavy atom. The first-order chi connectivity index (χ1) is 16.5. The largest absolute Gasteiger partial charge is 0.497 e. The molecule has 172 valence electrons. The third kappa shape index (κ3) is 5.49. The van der Waals surface area contributed by atoms with Crippen LogP contribution >= 0.6 is 11.8 Å². The molecular formula is C25H24N6O2S. The normalized spacial score (nSPS) is 11.3. The molecule has 8 nitrogen and oxygen atoms in total. The van der Waals surface area contributed by atoms with Crippen molar-refractivity contribution in [2.45, 2.75) is 19.0 Å². The molecule has 0 radical (unpaired) electrons. The Morgan fingerprint density at radius 3 is 2.41 bits per heavy atom. The van der Waals surface area contributed by atoms with Crippen LogP contribution in [0.4, 0.5) is 0 Å². The summed E-state index contributed by atoms with van der Waals surface area (Å²) in [7, 11) is 1.63. The van der Waals surface area contributed by atoms with E-state index >= 15 is 0 Å². The number of thioether (sulfide) groups is 1. The molecule has 0 aliphatic heterocycles. The SMILES string of the molecule is COc1ccc(-c2nnc(SCC(=O)NN=C(C)c3ccncc3)n2-c2ccc(C)cc2)cc1. The quantitative estimate of drug-likeness (QED) is 0.234. The van der Waals surface area contributed by atoms with Gasteiger partial charge in [0.1, 0.15) is 5.75 Å². The fourth-order valence-corrected chi connectivity index (χ4v) is 3.93. The average molecular weight is 473 g/mol. The molecule has 4 rings (SSSR count). The van der Waals surface area contributed by atoms with E-state index in [0.717, 1.165) is 28.1 Å². The number of hydrogen-bond acceptors (Lipinski definition) is 7. The van der Waals surface area contributed by atoms with E-state index in [1.54, 1.807) is 19.5 Å². The number of nitrogens with one attached hydrogen (secondary N) is 1. The topological polar surface area (TPSA) is 94.3 Å². The number of benzene rings is 2. The van der Waals surface area contributed by atoms with Crippen molar-refractivity contribution in [2.75, 3.05) is 12.9 Å². The molecule has 2 heterocycles. The van der Waals surface area contributed by atoms with E-state index in [2.05, 4.69) is 25.7 Å². The number of methoxy groups -OCH3 is 1.